The number of aliphatic hydroxyl groups is 1. The Bertz CT molecular complexity index is 1110. The average molecular weight is 373 g/mol. The maximum atomic E-state index is 14.5. The van der Waals surface area contributed by atoms with Crippen LogP contribution in [0.4, 0.5) is 18.9 Å². The Morgan fingerprint density at radius 3 is 2.74 bits per heavy atom. The summed E-state index contributed by atoms with van der Waals surface area (Å²) in [6.45, 7) is 1.67. The van der Waals surface area contributed by atoms with E-state index >= 15 is 0 Å². The topological polar surface area (TPSA) is 69.2 Å². The summed E-state index contributed by atoms with van der Waals surface area (Å²) < 4.78 is 42.1. The average Bonchev–Trinajstić information content (AvgIpc) is 3.20. The monoisotopic (exact) mass is 373 g/mol. The number of hydrogen-bond donors (Lipinski definition) is 2. The number of H-pyrrole nitrogens is 1. The largest absolute Gasteiger partial charge is 0.503 e. The number of carbonyl (C=O) groups is 1. The van der Waals surface area contributed by atoms with Crippen LogP contribution >= 0.6 is 0 Å². The molecular formula is C19H14F3N3O2. The fraction of sp³-hybridized carbons (Fsp3) is 0.158. The lowest BCUT2D eigenvalue weighted by Gasteiger charge is -2.27. The summed E-state index contributed by atoms with van der Waals surface area (Å²) in [5, 5.41) is 10.3. The molecule has 0 aliphatic carbocycles. The van der Waals surface area contributed by atoms with Crippen LogP contribution in [0.25, 0.3) is 11.0 Å². The number of benzene rings is 2. The molecule has 1 unspecified atom stereocenters. The molecule has 3 aromatic rings. The molecule has 1 aromatic heterocycles. The number of anilines is 1. The maximum Gasteiger partial charge on any atom is 0.293 e. The zero-order valence-electron chi connectivity index (χ0n) is 14.1. The highest BCUT2D eigenvalue weighted by Gasteiger charge is 2.42. The van der Waals surface area contributed by atoms with Crippen LogP contribution in [0.1, 0.15) is 24.9 Å². The van der Waals surface area contributed by atoms with Gasteiger partial charge < -0.3 is 10.1 Å². The van der Waals surface area contributed by atoms with Crippen molar-refractivity contribution in [3.8, 4) is 0 Å². The fourth-order valence-corrected chi connectivity index (χ4v) is 3.45. The van der Waals surface area contributed by atoms with Crippen molar-refractivity contribution in [2.45, 2.75) is 19.4 Å². The minimum Gasteiger partial charge on any atom is -0.503 e. The predicted octanol–water partition coefficient (Wildman–Crippen LogP) is 4.29. The van der Waals surface area contributed by atoms with Crippen molar-refractivity contribution in [3.05, 3.63) is 71.0 Å². The van der Waals surface area contributed by atoms with E-state index in [2.05, 4.69) is 9.97 Å². The maximum absolute atomic E-state index is 14.5. The number of aromatic amines is 1. The lowest BCUT2D eigenvalue weighted by atomic mass is 9.96. The van der Waals surface area contributed by atoms with E-state index in [0.29, 0.717) is 17.3 Å². The second kappa shape index (κ2) is 6.15. The first-order valence-electron chi connectivity index (χ1n) is 8.25. The van der Waals surface area contributed by atoms with Crippen molar-refractivity contribution in [2.75, 3.05) is 4.90 Å². The SMILES string of the molecule is CCC1=C(O)C(=O)N(c2ccc3[nH]cnc3c2)C1c1cc(F)cc(F)c1F. The van der Waals surface area contributed by atoms with E-state index in [4.69, 9.17) is 0 Å². The van der Waals surface area contributed by atoms with Crippen LogP contribution in [0, 0.1) is 17.5 Å². The van der Waals surface area contributed by atoms with Crippen molar-refractivity contribution in [1.29, 1.82) is 0 Å². The highest BCUT2D eigenvalue weighted by molar-refractivity contribution is 6.09. The smallest absolute Gasteiger partial charge is 0.293 e. The van der Waals surface area contributed by atoms with E-state index in [1.54, 1.807) is 25.1 Å². The Kier molecular flexibility index (Phi) is 3.91. The zero-order valence-corrected chi connectivity index (χ0v) is 14.1. The third kappa shape index (κ3) is 2.56. The number of fused-ring (bicyclic) bond motifs is 1. The molecule has 2 heterocycles. The van der Waals surface area contributed by atoms with Crippen molar-refractivity contribution >= 4 is 22.6 Å². The van der Waals surface area contributed by atoms with E-state index in [1.165, 1.54) is 6.33 Å². The predicted molar refractivity (Wildman–Crippen MR) is 92.6 cm³/mol. The van der Waals surface area contributed by atoms with Gasteiger partial charge in [-0.15, -0.1) is 0 Å². The molecule has 4 rings (SSSR count). The van der Waals surface area contributed by atoms with Gasteiger partial charge in [-0.25, -0.2) is 18.2 Å². The van der Waals surface area contributed by atoms with Gasteiger partial charge in [-0.2, -0.15) is 0 Å². The van der Waals surface area contributed by atoms with E-state index in [9.17, 15) is 23.1 Å². The summed E-state index contributed by atoms with van der Waals surface area (Å²) in [6, 6.07) is 4.95. The molecule has 1 amide bonds. The van der Waals surface area contributed by atoms with Crippen LogP contribution < -0.4 is 4.90 Å². The molecular weight excluding hydrogens is 359 g/mol. The second-order valence-electron chi connectivity index (χ2n) is 6.20. The van der Waals surface area contributed by atoms with Gasteiger partial charge in [0, 0.05) is 22.9 Å². The first-order chi connectivity index (χ1) is 12.9. The van der Waals surface area contributed by atoms with Gasteiger partial charge in [0.25, 0.3) is 5.91 Å². The number of hydrogen-bond acceptors (Lipinski definition) is 3. The van der Waals surface area contributed by atoms with Gasteiger partial charge in [0.15, 0.2) is 17.4 Å². The van der Waals surface area contributed by atoms with E-state index < -0.39 is 35.2 Å². The molecule has 27 heavy (non-hydrogen) atoms. The number of imidazole rings is 1. The van der Waals surface area contributed by atoms with E-state index in [1.807, 2.05) is 0 Å². The molecule has 0 bridgehead atoms. The Morgan fingerprint density at radius 2 is 2.00 bits per heavy atom. The van der Waals surface area contributed by atoms with Gasteiger partial charge >= 0.3 is 0 Å². The number of amides is 1. The standard InChI is InChI=1S/C19H14F3N3O2/c1-2-11-17(12-5-9(20)6-13(21)16(12)22)25(19(27)18(11)26)10-3-4-14-15(7-10)24-8-23-14/h3-8,17,26H,2H2,1H3,(H,23,24). The lowest BCUT2D eigenvalue weighted by Crippen LogP contribution is -2.31. The molecule has 0 saturated carbocycles. The number of aliphatic hydroxyl groups excluding tert-OH is 1. The lowest BCUT2D eigenvalue weighted by molar-refractivity contribution is -0.117. The fourth-order valence-electron chi connectivity index (χ4n) is 3.45. The summed E-state index contributed by atoms with van der Waals surface area (Å²) >= 11 is 0. The third-order valence-corrected chi connectivity index (χ3v) is 4.69. The number of nitrogens with zero attached hydrogens (tertiary/aromatic N) is 2. The molecule has 1 aliphatic rings. The Labute approximate surface area is 151 Å². The van der Waals surface area contributed by atoms with Gasteiger partial charge in [-0.05, 0) is 30.7 Å². The van der Waals surface area contributed by atoms with Crippen molar-refractivity contribution in [2.24, 2.45) is 0 Å². The zero-order chi connectivity index (χ0) is 19.3. The van der Waals surface area contributed by atoms with Crippen LogP contribution in [0.15, 0.2) is 48.0 Å². The third-order valence-electron chi connectivity index (χ3n) is 4.69. The molecule has 5 nitrogen and oxygen atoms in total. The van der Waals surface area contributed by atoms with Gasteiger partial charge in [-0.3, -0.25) is 9.69 Å². The van der Waals surface area contributed by atoms with E-state index in [0.717, 1.165) is 16.5 Å². The number of rotatable bonds is 3. The number of halogens is 3. The Hall–Kier alpha value is -3.29. The molecule has 8 heteroatoms. The molecule has 0 spiro atoms. The summed E-state index contributed by atoms with van der Waals surface area (Å²) in [4.78, 5) is 20.8. The first-order valence-corrected chi connectivity index (χ1v) is 8.25. The van der Waals surface area contributed by atoms with Crippen LogP contribution in [-0.4, -0.2) is 21.0 Å². The van der Waals surface area contributed by atoms with Crippen LogP contribution in [0.2, 0.25) is 0 Å². The molecule has 2 N–H and O–H groups in total. The molecule has 1 atom stereocenters. The molecule has 0 radical (unpaired) electrons. The second-order valence-corrected chi connectivity index (χ2v) is 6.20. The Balaban J connectivity index is 1.93. The highest BCUT2D eigenvalue weighted by atomic mass is 19.2. The first kappa shape index (κ1) is 17.1. The van der Waals surface area contributed by atoms with Gasteiger partial charge in [0.1, 0.15) is 5.82 Å². The van der Waals surface area contributed by atoms with Crippen molar-refractivity contribution < 1.29 is 23.1 Å². The summed E-state index contributed by atoms with van der Waals surface area (Å²) in [5.74, 6) is -4.91. The normalized spacial score (nSPS) is 17.4. The van der Waals surface area contributed by atoms with Crippen molar-refractivity contribution in [3.63, 3.8) is 0 Å². The summed E-state index contributed by atoms with van der Waals surface area (Å²) in [7, 11) is 0. The quantitative estimate of drug-likeness (QED) is 0.673. The van der Waals surface area contributed by atoms with Gasteiger partial charge in [0.05, 0.1) is 23.4 Å². The molecule has 0 saturated heterocycles. The molecule has 1 aliphatic heterocycles. The summed E-state index contributed by atoms with van der Waals surface area (Å²) in [5.41, 5.74) is 1.42. The van der Waals surface area contributed by atoms with Crippen LogP contribution in [0.3, 0.4) is 0 Å². The van der Waals surface area contributed by atoms with Crippen LogP contribution in [-0.2, 0) is 4.79 Å². The van der Waals surface area contributed by atoms with Crippen molar-refractivity contribution in [1.82, 2.24) is 9.97 Å². The highest BCUT2D eigenvalue weighted by Crippen LogP contribution is 2.43. The number of nitrogens with one attached hydrogen (secondary N) is 1. The number of aromatic nitrogens is 2. The minimum absolute atomic E-state index is 0.186. The number of carbonyl (C=O) groups excluding carboxylic acids is 1. The molecule has 0 fully saturated rings. The van der Waals surface area contributed by atoms with E-state index in [-0.39, 0.29) is 17.6 Å². The Morgan fingerprint density at radius 1 is 1.22 bits per heavy atom. The molecule has 2 aromatic carbocycles. The molecule has 138 valence electrons. The van der Waals surface area contributed by atoms with Gasteiger partial charge in [-0.1, -0.05) is 6.92 Å². The van der Waals surface area contributed by atoms with Gasteiger partial charge in [0.2, 0.25) is 0 Å². The van der Waals surface area contributed by atoms with Crippen LogP contribution in [0.5, 0.6) is 0 Å². The summed E-state index contributed by atoms with van der Waals surface area (Å²) in [6.07, 6.45) is 1.67. The minimum atomic E-state index is -1.36.